The van der Waals surface area contributed by atoms with Gasteiger partial charge >= 0.3 is 17.9 Å². The lowest BCUT2D eigenvalue weighted by Crippen LogP contribution is -2.42. The van der Waals surface area contributed by atoms with Gasteiger partial charge in [0.15, 0.2) is 0 Å². The van der Waals surface area contributed by atoms with Crippen LogP contribution in [0.1, 0.15) is 32.6 Å². The molecule has 0 bridgehead atoms. The van der Waals surface area contributed by atoms with Crippen LogP contribution in [0.25, 0.3) is 0 Å². The van der Waals surface area contributed by atoms with Gasteiger partial charge in [0, 0.05) is 10.5 Å². The van der Waals surface area contributed by atoms with E-state index in [-0.39, 0.29) is 11.2 Å². The van der Waals surface area contributed by atoms with E-state index in [1.807, 2.05) is 0 Å². The number of hydrogen-bond donors (Lipinski definition) is 2. The molecule has 1 aliphatic rings. The molecule has 1 rings (SSSR count). The molecule has 0 amide bonds. The van der Waals surface area contributed by atoms with E-state index in [9.17, 15) is 14.4 Å². The molecule has 0 radical (unpaired) electrons. The number of hydrogen-bond acceptors (Lipinski definition) is 8. The molecule has 0 aromatic carbocycles. The second-order valence-electron chi connectivity index (χ2n) is 5.71. The normalized spacial score (nSPS) is 23.0. The Morgan fingerprint density at radius 1 is 1.22 bits per heavy atom. The molecule has 0 aromatic heterocycles. The van der Waals surface area contributed by atoms with Gasteiger partial charge in [0.05, 0.1) is 13.5 Å². The summed E-state index contributed by atoms with van der Waals surface area (Å²) in [5, 5.41) is 0. The second-order valence-corrected chi connectivity index (χ2v) is 7.32. The number of thioether (sulfide) groups is 1. The highest BCUT2D eigenvalue weighted by molar-refractivity contribution is 8.00. The zero-order valence-electron chi connectivity index (χ0n) is 13.4. The summed E-state index contributed by atoms with van der Waals surface area (Å²) in [6, 6.07) is -2.16. The summed E-state index contributed by atoms with van der Waals surface area (Å²) in [5.74, 6) is -2.12. The second kappa shape index (κ2) is 9.05. The van der Waals surface area contributed by atoms with Crippen LogP contribution in [0.4, 0.5) is 0 Å². The first-order valence-electron chi connectivity index (χ1n) is 7.40. The molecule has 7 nitrogen and oxygen atoms in total. The molecule has 1 unspecified atom stereocenters. The summed E-state index contributed by atoms with van der Waals surface area (Å²) in [5.41, 5.74) is 11.2. The van der Waals surface area contributed by atoms with E-state index in [0.717, 1.165) is 19.3 Å². The van der Waals surface area contributed by atoms with Crippen LogP contribution in [-0.4, -0.2) is 47.6 Å². The molecule has 8 heteroatoms. The van der Waals surface area contributed by atoms with Crippen molar-refractivity contribution in [1.29, 1.82) is 0 Å². The van der Waals surface area contributed by atoms with Crippen molar-refractivity contribution in [3.63, 3.8) is 0 Å². The zero-order chi connectivity index (χ0) is 17.5. The van der Waals surface area contributed by atoms with E-state index in [1.54, 1.807) is 11.8 Å². The van der Waals surface area contributed by atoms with Crippen molar-refractivity contribution >= 4 is 29.7 Å². The first-order chi connectivity index (χ1) is 10.8. The predicted molar refractivity (Wildman–Crippen MR) is 87.5 cm³/mol. The van der Waals surface area contributed by atoms with Gasteiger partial charge in [-0.05, 0) is 19.3 Å². The zero-order valence-corrected chi connectivity index (χ0v) is 14.3. The van der Waals surface area contributed by atoms with Crippen molar-refractivity contribution in [2.75, 3.05) is 12.9 Å². The molecule has 3 atom stereocenters. The Bertz CT molecular complexity index is 482. The van der Waals surface area contributed by atoms with Gasteiger partial charge in [-0.3, -0.25) is 4.79 Å². The molecule has 0 aromatic rings. The molecule has 0 spiro atoms. The summed E-state index contributed by atoms with van der Waals surface area (Å²) in [4.78, 5) is 34.5. The number of nitrogens with two attached hydrogens (primary N) is 2. The predicted octanol–water partition coefficient (Wildman–Crippen LogP) is 0.506. The highest BCUT2D eigenvalue weighted by Gasteiger charge is 2.29. The molecule has 0 saturated heterocycles. The van der Waals surface area contributed by atoms with Crippen LogP contribution in [0.5, 0.6) is 0 Å². The number of carbonyl (C=O) groups is 3. The van der Waals surface area contributed by atoms with Gasteiger partial charge in [0.25, 0.3) is 0 Å². The maximum absolute atomic E-state index is 11.8. The molecule has 0 saturated carbocycles. The third-order valence-corrected chi connectivity index (χ3v) is 5.18. The molecule has 0 heterocycles. The summed E-state index contributed by atoms with van der Waals surface area (Å²) >= 11 is 1.59. The lowest BCUT2D eigenvalue weighted by molar-refractivity contribution is -0.162. The summed E-state index contributed by atoms with van der Waals surface area (Å²) in [6.07, 6.45) is 6.84. The van der Waals surface area contributed by atoms with Gasteiger partial charge in [0.2, 0.25) is 0 Å². The minimum atomic E-state index is -1.24. The topological polar surface area (TPSA) is 122 Å². The van der Waals surface area contributed by atoms with Crippen molar-refractivity contribution < 1.29 is 23.9 Å². The van der Waals surface area contributed by atoms with Crippen molar-refractivity contribution in [2.24, 2.45) is 11.5 Å². The standard InChI is InChI=1S/C15H24N2O5S/c1-15(6-4-3-5-7-15)23-9-11(17)14(20)22-13(19)10(16)8-12(18)21-2/h3-4,10-11H,5-9,16-17H2,1-2H3/t10-,11-,15?/m0/s1. The number of esters is 3. The Balaban J connectivity index is 2.39. The lowest BCUT2D eigenvalue weighted by Gasteiger charge is -2.30. The van der Waals surface area contributed by atoms with E-state index in [0.29, 0.717) is 5.75 Å². The smallest absolute Gasteiger partial charge is 0.331 e. The number of methoxy groups -OCH3 is 1. The molecule has 23 heavy (non-hydrogen) atoms. The maximum atomic E-state index is 11.8. The first-order valence-corrected chi connectivity index (χ1v) is 8.38. The maximum Gasteiger partial charge on any atom is 0.331 e. The average molecular weight is 344 g/mol. The van der Waals surface area contributed by atoms with Crippen LogP contribution >= 0.6 is 11.8 Å². The fourth-order valence-electron chi connectivity index (χ4n) is 2.03. The average Bonchev–Trinajstić information content (AvgIpc) is 2.52. The Kier molecular flexibility index (Phi) is 7.74. The number of allylic oxidation sites excluding steroid dienone is 2. The molecule has 4 N–H and O–H groups in total. The van der Waals surface area contributed by atoms with Gasteiger partial charge < -0.3 is 20.9 Å². The summed E-state index contributed by atoms with van der Waals surface area (Å²) < 4.78 is 9.06. The van der Waals surface area contributed by atoms with Crippen LogP contribution < -0.4 is 11.5 Å². The third kappa shape index (κ3) is 6.72. The Labute approximate surface area is 140 Å². The van der Waals surface area contributed by atoms with E-state index in [2.05, 4.69) is 28.5 Å². The molecular formula is C15H24N2O5S. The molecular weight excluding hydrogens is 320 g/mol. The van der Waals surface area contributed by atoms with Gasteiger partial charge in [-0.15, -0.1) is 0 Å². The fourth-order valence-corrected chi connectivity index (χ4v) is 3.22. The fraction of sp³-hybridized carbons (Fsp3) is 0.667. The minimum Gasteiger partial charge on any atom is -0.469 e. The summed E-state index contributed by atoms with van der Waals surface area (Å²) in [6.45, 7) is 2.12. The quantitative estimate of drug-likeness (QED) is 0.389. The first kappa shape index (κ1) is 19.7. The number of ether oxygens (including phenoxy) is 2. The molecule has 130 valence electrons. The SMILES string of the molecule is COC(=O)C[C@H](N)C(=O)OC(=O)[C@@H](N)CSC1(C)CC=CCC1. The van der Waals surface area contributed by atoms with Crippen molar-refractivity contribution in [1.82, 2.24) is 0 Å². The van der Waals surface area contributed by atoms with Gasteiger partial charge in [-0.2, -0.15) is 11.8 Å². The largest absolute Gasteiger partial charge is 0.469 e. The molecule has 0 fully saturated rings. The van der Waals surface area contributed by atoms with Crippen molar-refractivity contribution in [3.05, 3.63) is 12.2 Å². The van der Waals surface area contributed by atoms with Crippen LogP contribution in [0, 0.1) is 0 Å². The summed E-state index contributed by atoms with van der Waals surface area (Å²) in [7, 11) is 1.18. The molecule has 1 aliphatic carbocycles. The third-order valence-electron chi connectivity index (χ3n) is 3.59. The number of carbonyl (C=O) groups excluding carboxylic acids is 3. The van der Waals surface area contributed by atoms with E-state index in [4.69, 9.17) is 11.5 Å². The van der Waals surface area contributed by atoms with Crippen LogP contribution in [0.15, 0.2) is 12.2 Å². The van der Waals surface area contributed by atoms with Gasteiger partial charge in [-0.1, -0.05) is 19.1 Å². The van der Waals surface area contributed by atoms with E-state index >= 15 is 0 Å². The molecule has 0 aliphatic heterocycles. The van der Waals surface area contributed by atoms with Crippen LogP contribution in [0.2, 0.25) is 0 Å². The van der Waals surface area contributed by atoms with E-state index < -0.39 is 30.0 Å². The Morgan fingerprint density at radius 2 is 1.87 bits per heavy atom. The van der Waals surface area contributed by atoms with Crippen molar-refractivity contribution in [3.8, 4) is 0 Å². The van der Waals surface area contributed by atoms with Crippen LogP contribution in [0.3, 0.4) is 0 Å². The number of rotatable bonds is 7. The lowest BCUT2D eigenvalue weighted by atomic mass is 9.95. The monoisotopic (exact) mass is 344 g/mol. The van der Waals surface area contributed by atoms with Gasteiger partial charge in [0.1, 0.15) is 12.1 Å². The highest BCUT2D eigenvalue weighted by Crippen LogP contribution is 2.36. The highest BCUT2D eigenvalue weighted by atomic mass is 32.2. The van der Waals surface area contributed by atoms with Gasteiger partial charge in [-0.25, -0.2) is 9.59 Å². The minimum absolute atomic E-state index is 0.0396. The Hall–Kier alpha value is -1.38. The Morgan fingerprint density at radius 3 is 2.43 bits per heavy atom. The van der Waals surface area contributed by atoms with Crippen molar-refractivity contribution in [2.45, 2.75) is 49.4 Å². The van der Waals surface area contributed by atoms with E-state index in [1.165, 1.54) is 7.11 Å². The van der Waals surface area contributed by atoms with Crippen LogP contribution in [-0.2, 0) is 23.9 Å².